The van der Waals surface area contributed by atoms with Gasteiger partial charge in [-0.15, -0.1) is 0 Å². The van der Waals surface area contributed by atoms with Crippen molar-refractivity contribution in [1.82, 2.24) is 0 Å². The first-order valence-corrected chi connectivity index (χ1v) is 6.53. The van der Waals surface area contributed by atoms with Crippen molar-refractivity contribution in [2.75, 3.05) is 6.61 Å². The lowest BCUT2D eigenvalue weighted by molar-refractivity contribution is 0.150. The molecule has 0 fully saturated rings. The van der Waals surface area contributed by atoms with E-state index in [9.17, 15) is 14.9 Å². The maximum atomic E-state index is 9.52. The average molecular weight is 247 g/mol. The van der Waals surface area contributed by atoms with Crippen LogP contribution in [0.15, 0.2) is 24.3 Å². The molecular formula is C10H16O5P+. The van der Waals surface area contributed by atoms with E-state index in [-0.39, 0.29) is 18.8 Å². The Morgan fingerprint density at radius 2 is 1.81 bits per heavy atom. The molecule has 0 aliphatic rings. The predicted molar refractivity (Wildman–Crippen MR) is 60.9 cm³/mol. The number of rotatable bonds is 5. The standard InChI is InChI=1S/C10H16O5P/c1-8-2-4-9(5-3-8)15-16(13,14)10(12)6-7-11/h2-5,10-14H,6-7H2,1H3/q+1. The molecule has 0 heterocycles. The zero-order chi connectivity index (χ0) is 12.2. The molecule has 0 aliphatic carbocycles. The van der Waals surface area contributed by atoms with E-state index in [0.29, 0.717) is 0 Å². The monoisotopic (exact) mass is 247 g/mol. The van der Waals surface area contributed by atoms with Gasteiger partial charge in [-0.2, -0.15) is 9.79 Å². The molecule has 6 heteroatoms. The van der Waals surface area contributed by atoms with E-state index in [0.717, 1.165) is 5.56 Å². The Labute approximate surface area is 94.5 Å². The molecule has 0 radical (unpaired) electrons. The van der Waals surface area contributed by atoms with Crippen LogP contribution < -0.4 is 4.52 Å². The number of hydrogen-bond donors (Lipinski definition) is 4. The third-order valence-electron chi connectivity index (χ3n) is 2.04. The van der Waals surface area contributed by atoms with Crippen molar-refractivity contribution in [2.24, 2.45) is 0 Å². The maximum Gasteiger partial charge on any atom is 0.481 e. The van der Waals surface area contributed by atoms with Gasteiger partial charge in [-0.05, 0) is 19.1 Å². The lowest BCUT2D eigenvalue weighted by Crippen LogP contribution is -2.18. The van der Waals surface area contributed by atoms with Crippen molar-refractivity contribution < 1.29 is 24.5 Å². The number of aryl methyl sites for hydroxylation is 1. The molecule has 0 spiro atoms. The van der Waals surface area contributed by atoms with Crippen molar-refractivity contribution in [2.45, 2.75) is 19.2 Å². The summed E-state index contributed by atoms with van der Waals surface area (Å²) in [5.74, 6) is -1.18. The molecule has 1 atom stereocenters. The van der Waals surface area contributed by atoms with Gasteiger partial charge in [0.05, 0.1) is 0 Å². The Morgan fingerprint density at radius 3 is 2.31 bits per heavy atom. The fourth-order valence-electron chi connectivity index (χ4n) is 1.10. The lowest BCUT2D eigenvalue weighted by Gasteiger charge is -2.16. The van der Waals surface area contributed by atoms with Crippen LogP contribution in [-0.2, 0) is 0 Å². The van der Waals surface area contributed by atoms with Crippen LogP contribution in [-0.4, -0.2) is 32.5 Å². The van der Waals surface area contributed by atoms with Crippen LogP contribution in [0.5, 0.6) is 5.75 Å². The predicted octanol–water partition coefficient (Wildman–Crippen LogP) is 0.822. The molecule has 16 heavy (non-hydrogen) atoms. The normalized spacial score (nSPS) is 13.6. The zero-order valence-corrected chi connectivity index (χ0v) is 9.84. The minimum Gasteiger partial charge on any atom is -0.396 e. The summed E-state index contributed by atoms with van der Waals surface area (Å²) in [7, 11) is -3.89. The molecule has 4 N–H and O–H groups in total. The molecular weight excluding hydrogens is 231 g/mol. The summed E-state index contributed by atoms with van der Waals surface area (Å²) in [6, 6.07) is 6.69. The van der Waals surface area contributed by atoms with Crippen molar-refractivity contribution in [3.63, 3.8) is 0 Å². The van der Waals surface area contributed by atoms with E-state index in [1.165, 1.54) is 0 Å². The molecule has 0 bridgehead atoms. The van der Waals surface area contributed by atoms with Crippen molar-refractivity contribution in [3.8, 4) is 5.75 Å². The second-order valence-corrected chi connectivity index (χ2v) is 5.44. The first kappa shape index (κ1) is 13.4. The maximum absolute atomic E-state index is 9.52. The minimum atomic E-state index is -3.89. The number of benzene rings is 1. The summed E-state index contributed by atoms with van der Waals surface area (Å²) in [6.07, 6.45) is -0.132. The van der Waals surface area contributed by atoms with E-state index < -0.39 is 13.8 Å². The molecule has 1 aromatic rings. The van der Waals surface area contributed by atoms with Gasteiger partial charge in [0, 0.05) is 13.0 Å². The molecule has 90 valence electrons. The molecule has 0 aromatic heterocycles. The Bertz CT molecular complexity index is 324. The zero-order valence-electron chi connectivity index (χ0n) is 8.95. The number of hydrogen-bond acceptors (Lipinski definition) is 5. The lowest BCUT2D eigenvalue weighted by atomic mass is 10.2. The van der Waals surface area contributed by atoms with Crippen LogP contribution in [0.1, 0.15) is 12.0 Å². The first-order chi connectivity index (χ1) is 7.45. The van der Waals surface area contributed by atoms with Crippen LogP contribution in [0.4, 0.5) is 0 Å². The van der Waals surface area contributed by atoms with Crippen LogP contribution in [0.25, 0.3) is 0 Å². The topological polar surface area (TPSA) is 90.2 Å². The Morgan fingerprint density at radius 1 is 1.25 bits per heavy atom. The Hall–Kier alpha value is -0.710. The third kappa shape index (κ3) is 3.70. The smallest absolute Gasteiger partial charge is 0.396 e. The van der Waals surface area contributed by atoms with E-state index in [4.69, 9.17) is 9.63 Å². The highest BCUT2D eigenvalue weighted by Crippen LogP contribution is 2.55. The Balaban J connectivity index is 2.68. The van der Waals surface area contributed by atoms with Gasteiger partial charge >= 0.3 is 7.94 Å². The molecule has 1 rings (SSSR count). The van der Waals surface area contributed by atoms with Crippen molar-refractivity contribution >= 4 is 7.94 Å². The van der Waals surface area contributed by atoms with Crippen LogP contribution in [0.3, 0.4) is 0 Å². The first-order valence-electron chi connectivity index (χ1n) is 4.85. The Kier molecular flexibility index (Phi) is 4.65. The van der Waals surface area contributed by atoms with Gasteiger partial charge < -0.3 is 10.2 Å². The highest BCUT2D eigenvalue weighted by Gasteiger charge is 2.46. The summed E-state index contributed by atoms with van der Waals surface area (Å²) < 4.78 is 4.93. The molecule has 1 aromatic carbocycles. The van der Waals surface area contributed by atoms with Crippen molar-refractivity contribution in [1.29, 1.82) is 0 Å². The minimum absolute atomic E-state index is 0.132. The molecule has 0 saturated heterocycles. The number of aliphatic hydroxyl groups is 2. The highest BCUT2D eigenvalue weighted by molar-refractivity contribution is 7.60. The van der Waals surface area contributed by atoms with Gasteiger partial charge in [0.25, 0.3) is 5.85 Å². The molecule has 1 unspecified atom stereocenters. The van der Waals surface area contributed by atoms with E-state index in [2.05, 4.69) is 0 Å². The third-order valence-corrected chi connectivity index (χ3v) is 3.55. The van der Waals surface area contributed by atoms with Gasteiger partial charge in [-0.1, -0.05) is 17.7 Å². The molecule has 0 aliphatic heterocycles. The summed E-state index contributed by atoms with van der Waals surface area (Å²) in [5, 5.41) is 17.9. The summed E-state index contributed by atoms with van der Waals surface area (Å²) >= 11 is 0. The quantitative estimate of drug-likeness (QED) is 0.578. The fraction of sp³-hybridized carbons (Fsp3) is 0.400. The summed E-state index contributed by atoms with van der Waals surface area (Å²) in [6.45, 7) is 1.56. The van der Waals surface area contributed by atoms with E-state index in [1.807, 2.05) is 6.92 Å². The van der Waals surface area contributed by atoms with Crippen LogP contribution >= 0.6 is 7.94 Å². The molecule has 0 saturated carbocycles. The largest absolute Gasteiger partial charge is 0.481 e. The van der Waals surface area contributed by atoms with Gasteiger partial charge in [-0.25, -0.2) is 0 Å². The molecule has 5 nitrogen and oxygen atoms in total. The molecule has 0 amide bonds. The van der Waals surface area contributed by atoms with Gasteiger partial charge in [-0.3, -0.25) is 4.52 Å². The average Bonchev–Trinajstić information content (AvgIpc) is 2.21. The fourth-order valence-corrected chi connectivity index (χ4v) is 2.10. The van der Waals surface area contributed by atoms with Crippen LogP contribution in [0, 0.1) is 6.92 Å². The van der Waals surface area contributed by atoms with Gasteiger partial charge in [0.1, 0.15) is 0 Å². The van der Waals surface area contributed by atoms with Crippen molar-refractivity contribution in [3.05, 3.63) is 29.8 Å². The number of aliphatic hydroxyl groups excluding tert-OH is 2. The summed E-state index contributed by atoms with van der Waals surface area (Å²) in [5.41, 5.74) is 1.02. The van der Waals surface area contributed by atoms with Crippen LogP contribution in [0.2, 0.25) is 0 Å². The SMILES string of the molecule is Cc1ccc(O[P+](O)(O)C(O)CCO)cc1. The second-order valence-electron chi connectivity index (χ2n) is 3.49. The highest BCUT2D eigenvalue weighted by atomic mass is 31.2. The second kappa shape index (κ2) is 5.57. The summed E-state index contributed by atoms with van der Waals surface area (Å²) in [4.78, 5) is 19.0. The van der Waals surface area contributed by atoms with E-state index >= 15 is 0 Å². The van der Waals surface area contributed by atoms with E-state index in [1.54, 1.807) is 24.3 Å². The van der Waals surface area contributed by atoms with Gasteiger partial charge in [0.2, 0.25) is 0 Å². The van der Waals surface area contributed by atoms with Gasteiger partial charge in [0.15, 0.2) is 5.75 Å².